The molecule has 1 fully saturated rings. The molecule has 1 aromatic heterocycles. The van der Waals surface area contributed by atoms with E-state index in [1.807, 2.05) is 19.1 Å². The molecule has 2 heteroatoms. The molecular weight excluding hydrogens is 182 g/mol. The zero-order valence-corrected chi connectivity index (χ0v) is 8.59. The van der Waals surface area contributed by atoms with Crippen LogP contribution in [-0.2, 0) is 6.42 Å². The second-order valence-corrected chi connectivity index (χ2v) is 4.39. The van der Waals surface area contributed by atoms with Gasteiger partial charge in [0.15, 0.2) is 0 Å². The Hall–Kier alpha value is -0.560. The van der Waals surface area contributed by atoms with Crippen LogP contribution in [0.3, 0.4) is 0 Å². The standard InChI is InChI=1S/C11H14ClN/c1-8-3-2-4-10(13-8)7-11(12)9-5-6-9/h2-4,9,11H,5-7H2,1H3. The van der Waals surface area contributed by atoms with Crippen molar-refractivity contribution in [3.63, 3.8) is 0 Å². The van der Waals surface area contributed by atoms with Crippen LogP contribution in [0.2, 0.25) is 0 Å². The summed E-state index contributed by atoms with van der Waals surface area (Å²) in [5, 5.41) is 0.300. The third-order valence-corrected chi connectivity index (χ3v) is 2.99. The molecule has 0 amide bonds. The minimum absolute atomic E-state index is 0.300. The number of pyridine rings is 1. The molecule has 1 unspecified atom stereocenters. The van der Waals surface area contributed by atoms with Gasteiger partial charge in [0, 0.05) is 23.2 Å². The van der Waals surface area contributed by atoms with Gasteiger partial charge in [-0.3, -0.25) is 4.98 Å². The largest absolute Gasteiger partial charge is 0.258 e. The van der Waals surface area contributed by atoms with Crippen molar-refractivity contribution in [2.45, 2.75) is 31.6 Å². The predicted molar refractivity (Wildman–Crippen MR) is 55.0 cm³/mol. The lowest BCUT2D eigenvalue weighted by molar-refractivity contribution is 0.723. The molecule has 1 nitrogen and oxygen atoms in total. The Labute approximate surface area is 84.1 Å². The van der Waals surface area contributed by atoms with Crippen molar-refractivity contribution in [2.24, 2.45) is 5.92 Å². The highest BCUT2D eigenvalue weighted by Crippen LogP contribution is 2.36. The SMILES string of the molecule is Cc1cccc(CC(Cl)C2CC2)n1. The van der Waals surface area contributed by atoms with Gasteiger partial charge in [-0.15, -0.1) is 11.6 Å². The molecule has 1 heterocycles. The summed E-state index contributed by atoms with van der Waals surface area (Å²) in [5.74, 6) is 0.754. The van der Waals surface area contributed by atoms with Crippen molar-refractivity contribution in [2.75, 3.05) is 0 Å². The summed E-state index contributed by atoms with van der Waals surface area (Å²) in [4.78, 5) is 4.44. The van der Waals surface area contributed by atoms with Crippen LogP contribution >= 0.6 is 11.6 Å². The summed E-state index contributed by atoms with van der Waals surface area (Å²) < 4.78 is 0. The summed E-state index contributed by atoms with van der Waals surface area (Å²) in [6, 6.07) is 6.13. The van der Waals surface area contributed by atoms with Gasteiger partial charge in [0.1, 0.15) is 0 Å². The third kappa shape index (κ3) is 2.44. The first-order valence-corrected chi connectivity index (χ1v) is 5.26. The van der Waals surface area contributed by atoms with Crippen molar-refractivity contribution >= 4 is 11.6 Å². The number of hydrogen-bond donors (Lipinski definition) is 0. The van der Waals surface area contributed by atoms with Gasteiger partial charge in [-0.05, 0) is 37.8 Å². The number of rotatable bonds is 3. The molecule has 1 aliphatic rings. The number of alkyl halides is 1. The quantitative estimate of drug-likeness (QED) is 0.676. The van der Waals surface area contributed by atoms with Gasteiger partial charge >= 0.3 is 0 Å². The van der Waals surface area contributed by atoms with Crippen LogP contribution in [0.15, 0.2) is 18.2 Å². The van der Waals surface area contributed by atoms with Crippen molar-refractivity contribution in [3.05, 3.63) is 29.6 Å². The molecule has 13 heavy (non-hydrogen) atoms. The fraction of sp³-hybridized carbons (Fsp3) is 0.545. The topological polar surface area (TPSA) is 12.9 Å². The lowest BCUT2D eigenvalue weighted by Crippen LogP contribution is -2.07. The maximum atomic E-state index is 6.23. The maximum absolute atomic E-state index is 6.23. The van der Waals surface area contributed by atoms with Crippen LogP contribution in [0.1, 0.15) is 24.2 Å². The van der Waals surface area contributed by atoms with Crippen LogP contribution in [-0.4, -0.2) is 10.4 Å². The van der Waals surface area contributed by atoms with Gasteiger partial charge in [-0.1, -0.05) is 6.07 Å². The zero-order valence-electron chi connectivity index (χ0n) is 7.83. The number of aromatic nitrogens is 1. The van der Waals surface area contributed by atoms with E-state index in [1.165, 1.54) is 12.8 Å². The molecule has 1 saturated carbocycles. The summed E-state index contributed by atoms with van der Waals surface area (Å²) in [7, 11) is 0. The van der Waals surface area contributed by atoms with Gasteiger partial charge in [0.2, 0.25) is 0 Å². The van der Waals surface area contributed by atoms with E-state index >= 15 is 0 Å². The van der Waals surface area contributed by atoms with Crippen molar-refractivity contribution < 1.29 is 0 Å². The van der Waals surface area contributed by atoms with Crippen LogP contribution < -0.4 is 0 Å². The Morgan fingerprint density at radius 3 is 2.92 bits per heavy atom. The Morgan fingerprint density at radius 1 is 1.54 bits per heavy atom. The summed E-state index contributed by atoms with van der Waals surface area (Å²) in [5.41, 5.74) is 2.21. The van der Waals surface area contributed by atoms with E-state index < -0.39 is 0 Å². The average Bonchev–Trinajstić information content (AvgIpc) is 2.85. The highest BCUT2D eigenvalue weighted by Gasteiger charge is 2.29. The molecule has 1 atom stereocenters. The first-order valence-electron chi connectivity index (χ1n) is 4.82. The molecule has 0 N–H and O–H groups in total. The van der Waals surface area contributed by atoms with Crippen LogP contribution in [0, 0.1) is 12.8 Å². The fourth-order valence-corrected chi connectivity index (χ4v) is 1.95. The van der Waals surface area contributed by atoms with Crippen molar-refractivity contribution in [1.29, 1.82) is 0 Å². The van der Waals surface area contributed by atoms with Gasteiger partial charge in [0.05, 0.1) is 0 Å². The Bertz CT molecular complexity index is 294. The molecule has 1 aliphatic carbocycles. The number of aryl methyl sites for hydroxylation is 1. The van der Waals surface area contributed by atoms with E-state index in [9.17, 15) is 0 Å². The Kier molecular flexibility index (Phi) is 2.54. The minimum Gasteiger partial charge on any atom is -0.258 e. The number of nitrogens with zero attached hydrogens (tertiary/aromatic N) is 1. The van der Waals surface area contributed by atoms with Crippen molar-refractivity contribution in [1.82, 2.24) is 4.98 Å². The second-order valence-electron chi connectivity index (χ2n) is 3.83. The predicted octanol–water partition coefficient (Wildman–Crippen LogP) is 2.95. The van der Waals surface area contributed by atoms with Gasteiger partial charge in [-0.25, -0.2) is 0 Å². The van der Waals surface area contributed by atoms with E-state index in [4.69, 9.17) is 11.6 Å². The summed E-state index contributed by atoms with van der Waals surface area (Å²) in [6.45, 7) is 2.02. The van der Waals surface area contributed by atoms with E-state index in [2.05, 4.69) is 11.1 Å². The van der Waals surface area contributed by atoms with Crippen LogP contribution in [0.25, 0.3) is 0 Å². The number of halogens is 1. The molecule has 0 spiro atoms. The Morgan fingerprint density at radius 2 is 2.31 bits per heavy atom. The third-order valence-electron chi connectivity index (χ3n) is 2.48. The normalized spacial score (nSPS) is 18.6. The number of hydrogen-bond acceptors (Lipinski definition) is 1. The molecule has 2 rings (SSSR count). The minimum atomic E-state index is 0.300. The second kappa shape index (κ2) is 3.67. The lowest BCUT2D eigenvalue weighted by Gasteiger charge is -2.06. The molecule has 0 radical (unpaired) electrons. The van der Waals surface area contributed by atoms with Gasteiger partial charge < -0.3 is 0 Å². The van der Waals surface area contributed by atoms with Gasteiger partial charge in [0.25, 0.3) is 0 Å². The molecule has 0 aromatic carbocycles. The molecule has 0 saturated heterocycles. The first-order chi connectivity index (χ1) is 6.25. The Balaban J connectivity index is 2.00. The van der Waals surface area contributed by atoms with E-state index in [0.717, 1.165) is 23.7 Å². The molecule has 0 aliphatic heterocycles. The first kappa shape index (κ1) is 9.01. The van der Waals surface area contributed by atoms with E-state index in [0.29, 0.717) is 5.38 Å². The highest BCUT2D eigenvalue weighted by atomic mass is 35.5. The molecule has 0 bridgehead atoms. The summed E-state index contributed by atoms with van der Waals surface area (Å²) >= 11 is 6.23. The average molecular weight is 196 g/mol. The fourth-order valence-electron chi connectivity index (χ4n) is 1.54. The van der Waals surface area contributed by atoms with Crippen LogP contribution in [0.4, 0.5) is 0 Å². The molecular formula is C11H14ClN. The van der Waals surface area contributed by atoms with Crippen LogP contribution in [0.5, 0.6) is 0 Å². The van der Waals surface area contributed by atoms with Crippen molar-refractivity contribution in [3.8, 4) is 0 Å². The lowest BCUT2D eigenvalue weighted by atomic mass is 10.1. The zero-order chi connectivity index (χ0) is 9.26. The van der Waals surface area contributed by atoms with Gasteiger partial charge in [-0.2, -0.15) is 0 Å². The van der Waals surface area contributed by atoms with E-state index in [1.54, 1.807) is 0 Å². The van der Waals surface area contributed by atoms with E-state index in [-0.39, 0.29) is 0 Å². The monoisotopic (exact) mass is 195 g/mol. The molecule has 70 valence electrons. The maximum Gasteiger partial charge on any atom is 0.0421 e. The summed E-state index contributed by atoms with van der Waals surface area (Å²) in [6.07, 6.45) is 3.54. The smallest absolute Gasteiger partial charge is 0.0421 e. The highest BCUT2D eigenvalue weighted by molar-refractivity contribution is 6.21. The molecule has 1 aromatic rings.